The van der Waals surface area contributed by atoms with Gasteiger partial charge in [0.25, 0.3) is 5.92 Å². The topological polar surface area (TPSA) is 49.8 Å². The Hall–Kier alpha value is -0.830. The van der Waals surface area contributed by atoms with Gasteiger partial charge in [-0.25, -0.2) is 13.8 Å². The molecule has 1 aromatic rings. The minimum Gasteiger partial charge on any atom is -0.474 e. The Morgan fingerprint density at radius 3 is 2.74 bits per heavy atom. The largest absolute Gasteiger partial charge is 0.474 e. The van der Waals surface area contributed by atoms with Crippen LogP contribution in [0, 0.1) is 0 Å². The summed E-state index contributed by atoms with van der Waals surface area (Å²) in [5, 5.41) is 0. The number of hydrogen-bond acceptors (Lipinski definition) is 5. The van der Waals surface area contributed by atoms with Crippen LogP contribution < -0.4 is 4.74 Å². The van der Waals surface area contributed by atoms with Gasteiger partial charge in [-0.05, 0) is 47.7 Å². The quantitative estimate of drug-likeness (QED) is 0.483. The highest BCUT2D eigenvalue weighted by Crippen LogP contribution is 2.29. The number of aromatic nitrogens is 1. The summed E-state index contributed by atoms with van der Waals surface area (Å²) in [5.74, 6) is -2.26. The number of halogens is 3. The maximum absolute atomic E-state index is 13.9. The van der Waals surface area contributed by atoms with E-state index >= 15 is 0 Å². The van der Waals surface area contributed by atoms with E-state index in [4.69, 9.17) is 18.9 Å². The molecule has 0 bridgehead atoms. The Labute approximate surface area is 166 Å². The van der Waals surface area contributed by atoms with Gasteiger partial charge in [0.05, 0.1) is 6.10 Å². The molecule has 8 heteroatoms. The second kappa shape index (κ2) is 10.1. The summed E-state index contributed by atoms with van der Waals surface area (Å²) in [4.78, 5) is 4.16. The van der Waals surface area contributed by atoms with Crippen molar-refractivity contribution in [3.8, 4) is 5.88 Å². The monoisotopic (exact) mass is 449 g/mol. The van der Waals surface area contributed by atoms with Gasteiger partial charge in [-0.2, -0.15) is 0 Å². The summed E-state index contributed by atoms with van der Waals surface area (Å²) in [6.45, 7) is 0.328. The van der Waals surface area contributed by atoms with E-state index in [1.165, 1.54) is 0 Å². The Balaban J connectivity index is 1.22. The van der Waals surface area contributed by atoms with Crippen LogP contribution in [0.1, 0.15) is 44.9 Å². The molecule has 0 aromatic carbocycles. The molecule has 5 nitrogen and oxygen atoms in total. The van der Waals surface area contributed by atoms with Gasteiger partial charge in [-0.3, -0.25) is 0 Å². The molecule has 1 aromatic heterocycles. The smallest absolute Gasteiger partial charge is 0.271 e. The molecule has 0 amide bonds. The standard InChI is InChI=1S/C19H26BrF2NO4/c20-14-5-6-17(23-12-14)27-16-10-15(11-16)24-9-3-7-19(21,22)13-26-18-4-1-2-8-25-18/h5-6,12,15-16,18H,1-4,7-11,13H2/t15-,16-,18?. The molecule has 1 aliphatic carbocycles. The number of pyridine rings is 1. The van der Waals surface area contributed by atoms with E-state index in [1.807, 2.05) is 6.07 Å². The third-order valence-corrected chi connectivity index (χ3v) is 5.17. The van der Waals surface area contributed by atoms with Gasteiger partial charge in [0.15, 0.2) is 6.29 Å². The molecular formula is C19H26BrF2NO4. The molecule has 1 aliphatic heterocycles. The van der Waals surface area contributed by atoms with E-state index < -0.39 is 18.8 Å². The Kier molecular flexibility index (Phi) is 7.81. The average Bonchev–Trinajstić information content (AvgIpc) is 2.63. The molecular weight excluding hydrogens is 424 g/mol. The Bertz CT molecular complexity index is 563. The summed E-state index contributed by atoms with van der Waals surface area (Å²) in [5.41, 5.74) is 0. The molecule has 1 atom stereocenters. The summed E-state index contributed by atoms with van der Waals surface area (Å²) >= 11 is 3.33. The lowest BCUT2D eigenvalue weighted by molar-refractivity contribution is -0.202. The molecule has 152 valence electrons. The molecule has 3 rings (SSSR count). The van der Waals surface area contributed by atoms with Crippen molar-refractivity contribution in [2.75, 3.05) is 19.8 Å². The van der Waals surface area contributed by atoms with E-state index in [1.54, 1.807) is 12.3 Å². The van der Waals surface area contributed by atoms with Crippen molar-refractivity contribution in [3.63, 3.8) is 0 Å². The maximum Gasteiger partial charge on any atom is 0.271 e. The number of hydrogen-bond donors (Lipinski definition) is 0. The van der Waals surface area contributed by atoms with Crippen molar-refractivity contribution >= 4 is 15.9 Å². The minimum absolute atomic E-state index is 0.0750. The van der Waals surface area contributed by atoms with Crippen LogP contribution in [0.3, 0.4) is 0 Å². The highest BCUT2D eigenvalue weighted by Gasteiger charge is 2.33. The van der Waals surface area contributed by atoms with Crippen molar-refractivity contribution in [3.05, 3.63) is 22.8 Å². The van der Waals surface area contributed by atoms with E-state index in [0.717, 1.165) is 30.2 Å². The lowest BCUT2D eigenvalue weighted by atomic mass is 9.92. The predicted octanol–water partition coefficient (Wildman–Crippen LogP) is 4.73. The fourth-order valence-electron chi connectivity index (χ4n) is 3.06. The molecule has 0 spiro atoms. The molecule has 1 saturated heterocycles. The fourth-order valence-corrected chi connectivity index (χ4v) is 3.30. The first kappa shape index (κ1) is 20.9. The highest BCUT2D eigenvalue weighted by atomic mass is 79.9. The van der Waals surface area contributed by atoms with Crippen LogP contribution in [-0.4, -0.2) is 49.2 Å². The van der Waals surface area contributed by atoms with Gasteiger partial charge < -0.3 is 18.9 Å². The summed E-state index contributed by atoms with van der Waals surface area (Å²) < 4.78 is 50.5. The van der Waals surface area contributed by atoms with Gasteiger partial charge >= 0.3 is 0 Å². The molecule has 27 heavy (non-hydrogen) atoms. The summed E-state index contributed by atoms with van der Waals surface area (Å²) in [7, 11) is 0. The van der Waals surface area contributed by atoms with Crippen LogP contribution in [0.25, 0.3) is 0 Å². The first-order valence-corrected chi connectivity index (χ1v) is 10.3. The number of rotatable bonds is 10. The lowest BCUT2D eigenvalue weighted by Gasteiger charge is -2.34. The van der Waals surface area contributed by atoms with Crippen LogP contribution in [0.5, 0.6) is 5.88 Å². The Morgan fingerprint density at radius 2 is 2.04 bits per heavy atom. The summed E-state index contributed by atoms with van der Waals surface area (Å²) in [6.07, 6.45) is 5.58. The fraction of sp³-hybridized carbons (Fsp3) is 0.737. The zero-order valence-corrected chi connectivity index (χ0v) is 16.8. The zero-order valence-electron chi connectivity index (χ0n) is 15.2. The molecule has 2 fully saturated rings. The van der Waals surface area contributed by atoms with Gasteiger partial charge in [0.2, 0.25) is 5.88 Å². The first-order chi connectivity index (χ1) is 13.0. The Morgan fingerprint density at radius 1 is 1.19 bits per heavy atom. The van der Waals surface area contributed by atoms with Crippen LogP contribution >= 0.6 is 15.9 Å². The number of nitrogens with zero attached hydrogens (tertiary/aromatic N) is 1. The maximum atomic E-state index is 13.9. The summed E-state index contributed by atoms with van der Waals surface area (Å²) in [6, 6.07) is 3.68. The van der Waals surface area contributed by atoms with Gasteiger partial charge in [0.1, 0.15) is 12.7 Å². The van der Waals surface area contributed by atoms with Gasteiger partial charge in [-0.1, -0.05) is 0 Å². The number of ether oxygens (including phenoxy) is 4. The van der Waals surface area contributed by atoms with E-state index in [9.17, 15) is 8.78 Å². The van der Waals surface area contributed by atoms with Crippen molar-refractivity contribution in [2.24, 2.45) is 0 Å². The SMILES string of the molecule is FC(F)(CCCO[C@H]1C[C@H](Oc2ccc(Br)cn2)C1)COC1CCCCO1. The van der Waals surface area contributed by atoms with Crippen molar-refractivity contribution in [1.82, 2.24) is 4.98 Å². The average molecular weight is 450 g/mol. The van der Waals surface area contributed by atoms with Crippen molar-refractivity contribution in [1.29, 1.82) is 0 Å². The highest BCUT2D eigenvalue weighted by molar-refractivity contribution is 9.10. The van der Waals surface area contributed by atoms with E-state index in [0.29, 0.717) is 31.9 Å². The van der Waals surface area contributed by atoms with Gasteiger partial charge in [0, 0.05) is 49.2 Å². The third kappa shape index (κ3) is 7.25. The lowest BCUT2D eigenvalue weighted by Crippen LogP contribution is -2.40. The van der Waals surface area contributed by atoms with Crippen LogP contribution in [0.4, 0.5) is 8.78 Å². The van der Waals surface area contributed by atoms with E-state index in [2.05, 4.69) is 20.9 Å². The molecule has 0 N–H and O–H groups in total. The number of alkyl halides is 2. The molecule has 1 saturated carbocycles. The zero-order chi connectivity index (χ0) is 19.1. The minimum atomic E-state index is -2.84. The molecule has 2 aliphatic rings. The normalized spacial score (nSPS) is 25.8. The van der Waals surface area contributed by atoms with Crippen molar-refractivity contribution in [2.45, 2.75) is 69.4 Å². The first-order valence-electron chi connectivity index (χ1n) is 9.51. The second-order valence-corrected chi connectivity index (χ2v) is 8.00. The molecule has 2 heterocycles. The van der Waals surface area contributed by atoms with Gasteiger partial charge in [-0.15, -0.1) is 0 Å². The van der Waals surface area contributed by atoms with Crippen LogP contribution in [-0.2, 0) is 14.2 Å². The third-order valence-electron chi connectivity index (χ3n) is 4.70. The second-order valence-electron chi connectivity index (χ2n) is 7.09. The van der Waals surface area contributed by atoms with Crippen molar-refractivity contribution < 1.29 is 27.7 Å². The van der Waals surface area contributed by atoms with Crippen LogP contribution in [0.15, 0.2) is 22.8 Å². The van der Waals surface area contributed by atoms with Crippen LogP contribution in [0.2, 0.25) is 0 Å². The molecule has 1 unspecified atom stereocenters. The predicted molar refractivity (Wildman–Crippen MR) is 99.1 cm³/mol. The molecule has 0 radical (unpaired) electrons. The van der Waals surface area contributed by atoms with E-state index in [-0.39, 0.29) is 18.6 Å².